The molecule has 20 heteroatoms. The predicted molar refractivity (Wildman–Crippen MR) is 319 cm³/mol. The smallest absolute Gasteiger partial charge is 0.329 e. The summed E-state index contributed by atoms with van der Waals surface area (Å²) in [5.74, 6) is -7.93. The summed E-state index contributed by atoms with van der Waals surface area (Å²) in [4.78, 5) is 86.9. The maximum Gasteiger partial charge on any atom is 0.329 e. The third kappa shape index (κ3) is 14.6. The Labute approximate surface area is 492 Å². The molecule has 3 aromatic heterocycles. The normalized spacial score (nSPS) is 33.2. The molecule has 1 saturated carbocycles. The number of esters is 1. The number of nitrogens with two attached hydrogens (primary N) is 1. The van der Waals surface area contributed by atoms with Gasteiger partial charge in [0.15, 0.2) is 17.0 Å². The highest BCUT2D eigenvalue weighted by Gasteiger charge is 2.53. The lowest BCUT2D eigenvalue weighted by Crippen LogP contribution is -2.61. The number of fused-ring (bicyclic) bond motifs is 5. The van der Waals surface area contributed by atoms with Crippen LogP contribution in [0.4, 0.5) is 11.8 Å². The molecule has 1 aromatic carbocycles. The van der Waals surface area contributed by atoms with Gasteiger partial charge in [0.25, 0.3) is 17.7 Å². The highest BCUT2D eigenvalue weighted by atomic mass is 16.6. The first-order chi connectivity index (χ1) is 40.0. The number of aliphatic hydroxyl groups excluding tert-OH is 2. The quantitative estimate of drug-likeness (QED) is 0.0624. The van der Waals surface area contributed by atoms with Gasteiger partial charge in [-0.25, -0.2) is 19.4 Å². The Bertz CT molecular complexity index is 3140. The van der Waals surface area contributed by atoms with Crippen molar-refractivity contribution in [2.75, 3.05) is 24.7 Å². The van der Waals surface area contributed by atoms with E-state index < -0.39 is 77.7 Å². The molecule has 0 spiro atoms. The summed E-state index contributed by atoms with van der Waals surface area (Å²) < 4.78 is 26.5. The van der Waals surface area contributed by atoms with E-state index in [0.29, 0.717) is 90.6 Å². The van der Waals surface area contributed by atoms with Crippen LogP contribution in [-0.4, -0.2) is 136 Å². The highest BCUT2D eigenvalue weighted by molar-refractivity contribution is 6.39. The summed E-state index contributed by atoms with van der Waals surface area (Å²) in [6.45, 7) is 16.8. The van der Waals surface area contributed by atoms with E-state index in [0.717, 1.165) is 24.0 Å². The molecule has 0 radical (unpaired) electrons. The summed E-state index contributed by atoms with van der Waals surface area (Å²) in [5, 5.41) is 43.2. The number of anilines is 2. The number of hydrogen-bond acceptors (Lipinski definition) is 18. The molecule has 20 nitrogen and oxygen atoms in total. The number of benzene rings is 1. The molecule has 2 bridgehead atoms. The Morgan fingerprint density at radius 2 is 1.65 bits per heavy atom. The molecule has 1 aliphatic carbocycles. The molecule has 12 atom stereocenters. The third-order valence-electron chi connectivity index (χ3n) is 17.9. The molecule has 8 rings (SSSR count). The van der Waals surface area contributed by atoms with Gasteiger partial charge in [-0.1, -0.05) is 76.6 Å². The Balaban J connectivity index is 1.11. The van der Waals surface area contributed by atoms with E-state index >= 15 is 0 Å². The van der Waals surface area contributed by atoms with Gasteiger partial charge < -0.3 is 49.9 Å². The lowest BCUT2D eigenvalue weighted by atomic mass is 9.79. The second-order valence-electron chi connectivity index (χ2n) is 24.8. The van der Waals surface area contributed by atoms with Crippen LogP contribution in [-0.2, 0) is 38.2 Å². The number of ketones is 3. The molecular weight excluding hydrogens is 1070 g/mol. The monoisotopic (exact) mass is 1160 g/mol. The van der Waals surface area contributed by atoms with Crippen LogP contribution in [0, 0.1) is 35.5 Å². The molecule has 6 N–H and O–H groups in total. The Hall–Kier alpha value is -6.45. The van der Waals surface area contributed by atoms with E-state index in [2.05, 4.69) is 15.3 Å². The van der Waals surface area contributed by atoms with E-state index in [9.17, 15) is 39.3 Å². The van der Waals surface area contributed by atoms with Crippen LogP contribution < -0.4 is 11.1 Å². The zero-order chi connectivity index (χ0) is 60.7. The molecule has 6 heterocycles. The van der Waals surface area contributed by atoms with Gasteiger partial charge in [0, 0.05) is 49.4 Å². The van der Waals surface area contributed by atoms with Crippen molar-refractivity contribution >= 4 is 63.2 Å². The van der Waals surface area contributed by atoms with E-state index in [1.165, 1.54) is 18.3 Å². The van der Waals surface area contributed by atoms with Gasteiger partial charge >= 0.3 is 5.97 Å². The maximum absolute atomic E-state index is 14.7. The number of rotatable bonds is 8. The van der Waals surface area contributed by atoms with Crippen molar-refractivity contribution in [3.05, 3.63) is 72.1 Å². The van der Waals surface area contributed by atoms with Crippen molar-refractivity contribution in [2.45, 2.75) is 200 Å². The highest BCUT2D eigenvalue weighted by Crippen LogP contribution is 2.39. The molecule has 3 aliphatic heterocycles. The van der Waals surface area contributed by atoms with Gasteiger partial charge in [0.2, 0.25) is 5.79 Å². The van der Waals surface area contributed by atoms with Crippen molar-refractivity contribution < 1.29 is 57.9 Å². The van der Waals surface area contributed by atoms with Gasteiger partial charge in [-0.2, -0.15) is 10.1 Å². The van der Waals surface area contributed by atoms with Crippen molar-refractivity contribution in [1.82, 2.24) is 29.6 Å². The average Bonchev–Trinajstić information content (AvgIpc) is 2.22. The Morgan fingerprint density at radius 3 is 2.38 bits per heavy atom. The summed E-state index contributed by atoms with van der Waals surface area (Å²) in [7, 11) is 1.38. The number of allylic oxidation sites excluding steroid dienone is 6. The van der Waals surface area contributed by atoms with E-state index in [1.807, 2.05) is 84.1 Å². The van der Waals surface area contributed by atoms with Crippen LogP contribution in [0.25, 0.3) is 33.4 Å². The second-order valence-corrected chi connectivity index (χ2v) is 24.8. The number of aliphatic hydroxyl groups is 3. The average molecular weight is 1160 g/mol. The number of carbonyl (C=O) groups is 5. The summed E-state index contributed by atoms with van der Waals surface area (Å²) in [6.07, 6.45) is 14.0. The molecule has 3 fully saturated rings. The van der Waals surface area contributed by atoms with Gasteiger partial charge in [-0.05, 0) is 146 Å². The third-order valence-corrected chi connectivity index (χ3v) is 17.9. The van der Waals surface area contributed by atoms with E-state index in [1.54, 1.807) is 37.6 Å². The number of Topliss-reactive ketones (excluding diaryl/α,β-unsaturated/α-hetero) is 3. The second kappa shape index (κ2) is 27.7. The molecule has 456 valence electrons. The van der Waals surface area contributed by atoms with Crippen LogP contribution in [0.1, 0.15) is 152 Å². The fourth-order valence-corrected chi connectivity index (χ4v) is 12.6. The zero-order valence-electron chi connectivity index (χ0n) is 50.5. The summed E-state index contributed by atoms with van der Waals surface area (Å²) in [5.41, 5.74) is 10.5. The fraction of sp³-hybridized carbons (Fsp3) is 0.609. The van der Waals surface area contributed by atoms with Gasteiger partial charge in [-0.3, -0.25) is 19.2 Å². The van der Waals surface area contributed by atoms with Crippen LogP contribution in [0.2, 0.25) is 0 Å². The van der Waals surface area contributed by atoms with Crippen molar-refractivity contribution in [1.29, 1.82) is 0 Å². The number of nitrogens with one attached hydrogen (secondary N) is 1. The number of piperidine rings is 1. The zero-order valence-corrected chi connectivity index (χ0v) is 50.5. The fourth-order valence-electron chi connectivity index (χ4n) is 12.6. The first-order valence-corrected chi connectivity index (χ1v) is 30.2. The number of amides is 1. The predicted octanol–water partition coefficient (Wildman–Crippen LogP) is 9.13. The van der Waals surface area contributed by atoms with Crippen molar-refractivity contribution in [3.63, 3.8) is 0 Å². The van der Waals surface area contributed by atoms with Gasteiger partial charge in [-0.15, -0.1) is 0 Å². The van der Waals surface area contributed by atoms with Gasteiger partial charge in [0.1, 0.15) is 53.5 Å². The largest absolute Gasteiger partial charge is 0.460 e. The molecule has 4 aliphatic rings. The van der Waals surface area contributed by atoms with E-state index in [-0.39, 0.29) is 73.3 Å². The summed E-state index contributed by atoms with van der Waals surface area (Å²) in [6, 6.07) is 3.98. The number of oxazole rings is 1. The number of cyclic esters (lactones) is 1. The topological polar surface area (TPSA) is 285 Å². The molecule has 4 aromatic rings. The number of hydrogen-bond donors (Lipinski definition) is 5. The standard InChI is InChI=1S/C64H88N8O12/c1-35(2)72-60-53(59(65)66-34-67-60)54(70-72)44-22-26-51-48(31-44)69-63(83-51)68-47-32-46-25-19-42(9)64(80,84-46)58(77)61(78)71-27-15-14-18-49(71)62(79)82-52(39(6)30-43-20-23-45(73)24-21-43)33-50(74)38(5)29-41(8)56(76)57(81-10)55(75)40(7)28-36(3)16-12-11-13-17-37(47)4/h11-13,16-17,22,26,29,31,34-36,38-40,42-43,45-47,49,52,56-57,73,76,80H,14-15,18-21,23-25,27-28,30,32-33H2,1-10H3,(H,68,69)(H2,65,66,67)/b13-11+,16-12+,37-17-,41-29+/t36-,38-,39?,40-,42-,43-,45+,46+,47+,49+,52+,56-,57+,64-/m1/s1. The van der Waals surface area contributed by atoms with Crippen LogP contribution in [0.15, 0.2) is 76.5 Å². The first-order valence-electron chi connectivity index (χ1n) is 30.2. The van der Waals surface area contributed by atoms with Crippen LogP contribution in [0.5, 0.6) is 0 Å². The lowest BCUT2D eigenvalue weighted by molar-refractivity contribution is -0.263. The van der Waals surface area contributed by atoms with E-state index in [4.69, 9.17) is 34.4 Å². The first kappa shape index (κ1) is 63.6. The van der Waals surface area contributed by atoms with Crippen molar-refractivity contribution in [2.24, 2.45) is 35.5 Å². The minimum Gasteiger partial charge on any atom is -0.460 e. The Kier molecular flexibility index (Phi) is 21.0. The maximum atomic E-state index is 14.7. The van der Waals surface area contributed by atoms with Crippen molar-refractivity contribution in [3.8, 4) is 11.3 Å². The number of aromatic nitrogens is 5. The Morgan fingerprint density at radius 1 is 0.905 bits per heavy atom. The number of nitrogens with zero attached hydrogens (tertiary/aromatic N) is 6. The van der Waals surface area contributed by atoms with Gasteiger partial charge in [0.05, 0.1) is 23.6 Å². The number of methoxy groups -OCH3 is 1. The minimum absolute atomic E-state index is 0.00822. The number of carbonyl (C=O) groups excluding carboxylic acids is 5. The molecule has 1 unspecified atom stereocenters. The van der Waals surface area contributed by atoms with Crippen LogP contribution >= 0.6 is 0 Å². The minimum atomic E-state index is -2.54. The molecule has 84 heavy (non-hydrogen) atoms. The SMILES string of the molecule is CO[C@H]1C(=O)[C@H](C)C[C@H](C)/C=C/C=C/C=C(/C)[C@@H](Nc2nc3cc(-c4nn(C(C)C)c5ncnc(N)c45)ccc3o2)C[C@@H]2CC[C@@H](C)[C@@](O)(O2)C(=O)C(=O)N2CCCC[C@H]2C(=O)O[C@H](C(C)C[C@H]2CC[C@@H](O)CC2)CC(=O)[C@H](C)/C=C(\C)[C@H]1O. The van der Waals surface area contributed by atoms with Crippen LogP contribution in [0.3, 0.4) is 0 Å². The number of nitrogen functional groups attached to an aromatic ring is 1. The molecule has 1 amide bonds. The lowest BCUT2D eigenvalue weighted by Gasteiger charge is -2.43. The molecule has 2 saturated heterocycles. The number of ether oxygens (including phenoxy) is 3. The molecular formula is C64H88N8O12. The summed E-state index contributed by atoms with van der Waals surface area (Å²) >= 11 is 0.